The zero-order valence-electron chi connectivity index (χ0n) is 13.1. The van der Waals surface area contributed by atoms with Gasteiger partial charge in [-0.15, -0.1) is 0 Å². The maximum atomic E-state index is 11.7. The van der Waals surface area contributed by atoms with Crippen molar-refractivity contribution in [2.75, 3.05) is 26.2 Å². The van der Waals surface area contributed by atoms with Crippen molar-refractivity contribution in [3.63, 3.8) is 0 Å². The summed E-state index contributed by atoms with van der Waals surface area (Å²) in [6.07, 6.45) is 5.77. The quantitative estimate of drug-likeness (QED) is 0.567. The van der Waals surface area contributed by atoms with Gasteiger partial charge in [0.1, 0.15) is 0 Å². The fraction of sp³-hybridized carbons (Fsp3) is 0.867. The summed E-state index contributed by atoms with van der Waals surface area (Å²) in [5.41, 5.74) is 0. The second kappa shape index (κ2) is 10.4. The van der Waals surface area contributed by atoms with Gasteiger partial charge in [0, 0.05) is 32.1 Å². The van der Waals surface area contributed by atoms with Crippen molar-refractivity contribution >= 4 is 12.0 Å². The number of piperidine rings is 1. The first-order chi connectivity index (χ1) is 10.1. The third kappa shape index (κ3) is 8.55. The molecular weight excluding hydrogens is 270 g/mol. The summed E-state index contributed by atoms with van der Waals surface area (Å²) in [7, 11) is 0. The first kappa shape index (κ1) is 17.8. The molecule has 2 amide bonds. The first-order valence-corrected chi connectivity index (χ1v) is 8.10. The lowest BCUT2D eigenvalue weighted by atomic mass is 10.1. The van der Waals surface area contributed by atoms with Crippen LogP contribution in [0.5, 0.6) is 0 Å². The molecule has 3 N–H and O–H groups in total. The van der Waals surface area contributed by atoms with Crippen molar-refractivity contribution in [1.29, 1.82) is 0 Å². The van der Waals surface area contributed by atoms with Gasteiger partial charge >= 0.3 is 12.0 Å². The van der Waals surface area contributed by atoms with Crippen LogP contribution in [-0.4, -0.2) is 54.2 Å². The predicted molar refractivity (Wildman–Crippen MR) is 82.4 cm³/mol. The van der Waals surface area contributed by atoms with Gasteiger partial charge in [-0.25, -0.2) is 4.79 Å². The van der Waals surface area contributed by atoms with Crippen LogP contribution in [-0.2, 0) is 4.79 Å². The third-order valence-electron chi connectivity index (χ3n) is 3.82. The highest BCUT2D eigenvalue weighted by atomic mass is 16.4. The van der Waals surface area contributed by atoms with Crippen LogP contribution in [0, 0.1) is 0 Å². The van der Waals surface area contributed by atoms with Crippen molar-refractivity contribution in [1.82, 2.24) is 15.5 Å². The Hall–Kier alpha value is -1.30. The summed E-state index contributed by atoms with van der Waals surface area (Å²) in [6, 6.07) is 0.187. The molecule has 1 rings (SSSR count). The molecule has 0 spiro atoms. The number of carbonyl (C=O) groups excluding carboxylic acids is 1. The van der Waals surface area contributed by atoms with Gasteiger partial charge in [0.15, 0.2) is 0 Å². The average Bonchev–Trinajstić information content (AvgIpc) is 2.45. The van der Waals surface area contributed by atoms with Gasteiger partial charge < -0.3 is 20.6 Å². The van der Waals surface area contributed by atoms with Gasteiger partial charge in [-0.05, 0) is 38.6 Å². The molecule has 21 heavy (non-hydrogen) atoms. The van der Waals surface area contributed by atoms with Gasteiger partial charge in [-0.1, -0.05) is 13.3 Å². The van der Waals surface area contributed by atoms with Gasteiger partial charge in [-0.3, -0.25) is 4.79 Å². The Morgan fingerprint density at radius 2 is 1.90 bits per heavy atom. The van der Waals surface area contributed by atoms with E-state index in [4.69, 9.17) is 5.11 Å². The van der Waals surface area contributed by atoms with Crippen LogP contribution in [0.3, 0.4) is 0 Å². The maximum absolute atomic E-state index is 11.7. The molecule has 0 atom stereocenters. The Bertz CT molecular complexity index is 315. The minimum atomic E-state index is -0.755. The van der Waals surface area contributed by atoms with E-state index in [1.165, 1.54) is 6.42 Å². The zero-order chi connectivity index (χ0) is 15.5. The number of carboxylic acids is 1. The smallest absolute Gasteiger partial charge is 0.315 e. The minimum Gasteiger partial charge on any atom is -0.481 e. The number of likely N-dealkylation sites (tertiary alicyclic amines) is 1. The third-order valence-corrected chi connectivity index (χ3v) is 3.82. The molecule has 0 aliphatic carbocycles. The molecule has 1 heterocycles. The van der Waals surface area contributed by atoms with Crippen molar-refractivity contribution in [3.8, 4) is 0 Å². The van der Waals surface area contributed by atoms with Gasteiger partial charge in [-0.2, -0.15) is 0 Å². The Morgan fingerprint density at radius 3 is 2.52 bits per heavy atom. The number of nitrogens with zero attached hydrogens (tertiary/aromatic N) is 1. The maximum Gasteiger partial charge on any atom is 0.315 e. The van der Waals surface area contributed by atoms with Crippen molar-refractivity contribution < 1.29 is 14.7 Å². The van der Waals surface area contributed by atoms with E-state index in [1.54, 1.807) is 0 Å². The highest BCUT2D eigenvalue weighted by Crippen LogP contribution is 2.10. The number of nitrogens with one attached hydrogen (secondary N) is 2. The monoisotopic (exact) mass is 299 g/mol. The fourth-order valence-electron chi connectivity index (χ4n) is 2.63. The second-order valence-electron chi connectivity index (χ2n) is 5.72. The molecule has 0 saturated carbocycles. The van der Waals surface area contributed by atoms with Gasteiger partial charge in [0.05, 0.1) is 0 Å². The van der Waals surface area contributed by atoms with Crippen molar-refractivity contribution in [3.05, 3.63) is 0 Å². The van der Waals surface area contributed by atoms with Crippen LogP contribution in [0.2, 0.25) is 0 Å². The minimum absolute atomic E-state index is 0.0952. The molecule has 1 aliphatic rings. The van der Waals surface area contributed by atoms with E-state index < -0.39 is 5.97 Å². The molecule has 1 fully saturated rings. The van der Waals surface area contributed by atoms with Crippen molar-refractivity contribution in [2.45, 2.75) is 57.9 Å². The summed E-state index contributed by atoms with van der Waals surface area (Å²) in [5, 5.41) is 14.4. The Morgan fingerprint density at radius 1 is 1.19 bits per heavy atom. The summed E-state index contributed by atoms with van der Waals surface area (Å²) in [5.74, 6) is -0.755. The van der Waals surface area contributed by atoms with E-state index in [0.29, 0.717) is 13.0 Å². The van der Waals surface area contributed by atoms with E-state index in [2.05, 4.69) is 22.5 Å². The number of amides is 2. The highest BCUT2D eigenvalue weighted by molar-refractivity contribution is 5.74. The zero-order valence-corrected chi connectivity index (χ0v) is 13.1. The van der Waals surface area contributed by atoms with E-state index in [1.807, 2.05) is 0 Å². The average molecular weight is 299 g/mol. The number of rotatable bonds is 9. The van der Waals surface area contributed by atoms with Gasteiger partial charge in [0.2, 0.25) is 0 Å². The van der Waals surface area contributed by atoms with Crippen LogP contribution in [0.4, 0.5) is 4.79 Å². The normalized spacial score (nSPS) is 16.6. The Labute approximate surface area is 127 Å². The predicted octanol–water partition coefficient (Wildman–Crippen LogP) is 1.80. The van der Waals surface area contributed by atoms with Crippen LogP contribution < -0.4 is 10.6 Å². The van der Waals surface area contributed by atoms with E-state index in [0.717, 1.165) is 45.3 Å². The molecule has 6 nitrogen and oxygen atoms in total. The number of carboxylic acid groups (broad SMARTS) is 1. The molecule has 0 radical (unpaired) electrons. The fourth-order valence-corrected chi connectivity index (χ4v) is 2.63. The van der Waals surface area contributed by atoms with Crippen LogP contribution >= 0.6 is 0 Å². The van der Waals surface area contributed by atoms with E-state index >= 15 is 0 Å². The Kier molecular flexibility index (Phi) is 8.82. The molecule has 0 aromatic heterocycles. The second-order valence-corrected chi connectivity index (χ2v) is 5.72. The largest absolute Gasteiger partial charge is 0.481 e. The van der Waals surface area contributed by atoms with Crippen LogP contribution in [0.25, 0.3) is 0 Å². The lowest BCUT2D eigenvalue weighted by molar-refractivity contribution is -0.137. The molecule has 1 aliphatic heterocycles. The molecule has 0 aromatic carbocycles. The molecule has 122 valence electrons. The topological polar surface area (TPSA) is 81.7 Å². The molecular formula is C15H29N3O3. The number of hydrogen-bond acceptors (Lipinski definition) is 3. The van der Waals surface area contributed by atoms with E-state index in [-0.39, 0.29) is 18.5 Å². The lowest BCUT2D eigenvalue weighted by Gasteiger charge is -2.32. The molecule has 6 heteroatoms. The number of hydrogen-bond donors (Lipinski definition) is 3. The summed E-state index contributed by atoms with van der Waals surface area (Å²) < 4.78 is 0. The number of urea groups is 1. The summed E-state index contributed by atoms with van der Waals surface area (Å²) in [4.78, 5) is 24.5. The lowest BCUT2D eigenvalue weighted by Crippen LogP contribution is -2.48. The standard InChI is InChI=1S/C15H29N3O3/c1-2-10-18-11-7-13(8-12-18)17-15(21)16-9-5-3-4-6-14(19)20/h13H,2-12H2,1H3,(H,19,20)(H2,16,17,21). The molecule has 0 bridgehead atoms. The SMILES string of the molecule is CCCN1CCC(NC(=O)NCCCCCC(=O)O)CC1. The first-order valence-electron chi connectivity index (χ1n) is 8.10. The number of aliphatic carboxylic acids is 1. The van der Waals surface area contributed by atoms with Crippen LogP contribution in [0.1, 0.15) is 51.9 Å². The molecule has 1 saturated heterocycles. The summed E-state index contributed by atoms with van der Waals surface area (Å²) in [6.45, 7) is 6.07. The van der Waals surface area contributed by atoms with Crippen LogP contribution in [0.15, 0.2) is 0 Å². The Balaban J connectivity index is 2.00. The highest BCUT2D eigenvalue weighted by Gasteiger charge is 2.19. The molecule has 0 unspecified atom stereocenters. The molecule has 0 aromatic rings. The van der Waals surface area contributed by atoms with Gasteiger partial charge in [0.25, 0.3) is 0 Å². The number of unbranched alkanes of at least 4 members (excludes halogenated alkanes) is 2. The number of carbonyl (C=O) groups is 2. The van der Waals surface area contributed by atoms with E-state index in [9.17, 15) is 9.59 Å². The van der Waals surface area contributed by atoms with Crippen molar-refractivity contribution in [2.24, 2.45) is 0 Å². The summed E-state index contributed by atoms with van der Waals surface area (Å²) >= 11 is 0.